The molecule has 0 amide bonds. The van der Waals surface area contributed by atoms with Crippen molar-refractivity contribution in [2.75, 3.05) is 0 Å². The number of hydrogen-bond acceptors (Lipinski definition) is 2. The van der Waals surface area contributed by atoms with Gasteiger partial charge in [-0.25, -0.2) is 0 Å². The monoisotopic (exact) mass is 293 g/mol. The minimum Gasteiger partial charge on any atom is -0.307 e. The van der Waals surface area contributed by atoms with E-state index < -0.39 is 0 Å². The predicted octanol–water partition coefficient (Wildman–Crippen LogP) is 4.20. The normalized spacial score (nSPS) is 19.4. The van der Waals surface area contributed by atoms with Gasteiger partial charge in [-0.15, -0.1) is 11.3 Å². The van der Waals surface area contributed by atoms with Crippen LogP contribution in [0.15, 0.2) is 10.5 Å². The molecule has 1 aromatic rings. The zero-order valence-electron chi connectivity index (χ0n) is 8.07. The number of rotatable bonds is 3. The van der Waals surface area contributed by atoms with Crippen molar-refractivity contribution in [3.05, 3.63) is 19.8 Å². The molecule has 0 aliphatic heterocycles. The van der Waals surface area contributed by atoms with Crippen LogP contribution in [-0.2, 0) is 6.54 Å². The molecule has 0 unspecified atom stereocenters. The molecule has 1 aromatic heterocycles. The molecule has 1 fully saturated rings. The van der Waals surface area contributed by atoms with Crippen molar-refractivity contribution in [3.63, 3.8) is 0 Å². The molecule has 0 atom stereocenters. The second-order valence-electron chi connectivity index (χ2n) is 4.10. The molecule has 1 N–H and O–H groups in total. The summed E-state index contributed by atoms with van der Waals surface area (Å²) in [7, 11) is 0. The van der Waals surface area contributed by atoms with Crippen LogP contribution in [-0.4, -0.2) is 5.54 Å². The van der Waals surface area contributed by atoms with E-state index in [0.29, 0.717) is 5.54 Å². The van der Waals surface area contributed by atoms with E-state index in [2.05, 4.69) is 34.2 Å². The topological polar surface area (TPSA) is 12.0 Å². The lowest BCUT2D eigenvalue weighted by Crippen LogP contribution is -2.47. The van der Waals surface area contributed by atoms with E-state index in [-0.39, 0.29) is 0 Å². The minimum atomic E-state index is 0.378. The molecule has 1 aliphatic rings. The Hall–Kier alpha value is 0.430. The van der Waals surface area contributed by atoms with Gasteiger partial charge in [0.2, 0.25) is 0 Å². The first-order chi connectivity index (χ1) is 6.59. The quantitative estimate of drug-likeness (QED) is 0.881. The highest BCUT2D eigenvalue weighted by Gasteiger charge is 2.30. The van der Waals surface area contributed by atoms with Crippen molar-refractivity contribution in [2.24, 2.45) is 0 Å². The van der Waals surface area contributed by atoms with Crippen LogP contribution in [0.4, 0.5) is 0 Å². The Morgan fingerprint density at radius 2 is 2.36 bits per heavy atom. The van der Waals surface area contributed by atoms with Gasteiger partial charge in [-0.3, -0.25) is 0 Å². The third-order valence-corrected chi connectivity index (χ3v) is 5.32. The standard InChI is InChI=1S/C10H13BrClNS/c1-10(3-2-4-10)13-6-7-5-8(11)9(12)14-7/h5,13H,2-4,6H2,1H3. The van der Waals surface area contributed by atoms with E-state index in [9.17, 15) is 0 Å². The van der Waals surface area contributed by atoms with Crippen LogP contribution in [0.3, 0.4) is 0 Å². The van der Waals surface area contributed by atoms with Crippen LogP contribution < -0.4 is 5.32 Å². The van der Waals surface area contributed by atoms with E-state index in [0.717, 1.165) is 15.4 Å². The van der Waals surface area contributed by atoms with Gasteiger partial charge in [0.1, 0.15) is 4.34 Å². The lowest BCUT2D eigenvalue weighted by atomic mass is 9.78. The van der Waals surface area contributed by atoms with Gasteiger partial charge in [-0.1, -0.05) is 11.6 Å². The second-order valence-corrected chi connectivity index (χ2v) is 6.70. The summed E-state index contributed by atoms with van der Waals surface area (Å²) in [6.07, 6.45) is 3.96. The molecule has 4 heteroatoms. The van der Waals surface area contributed by atoms with Crippen molar-refractivity contribution < 1.29 is 0 Å². The molecule has 0 bridgehead atoms. The molecule has 1 saturated carbocycles. The average Bonchev–Trinajstić information content (AvgIpc) is 2.40. The van der Waals surface area contributed by atoms with E-state index in [1.54, 1.807) is 11.3 Å². The van der Waals surface area contributed by atoms with E-state index >= 15 is 0 Å². The van der Waals surface area contributed by atoms with Gasteiger partial charge in [0.15, 0.2) is 0 Å². The molecular formula is C10H13BrClNS. The Balaban J connectivity index is 1.91. The fraction of sp³-hybridized carbons (Fsp3) is 0.600. The summed E-state index contributed by atoms with van der Waals surface area (Å²) in [6, 6.07) is 2.10. The van der Waals surface area contributed by atoms with Gasteiger partial charge in [0.25, 0.3) is 0 Å². The summed E-state index contributed by atoms with van der Waals surface area (Å²) < 4.78 is 1.86. The van der Waals surface area contributed by atoms with Crippen molar-refractivity contribution >= 4 is 38.9 Å². The summed E-state index contributed by atoms with van der Waals surface area (Å²) in [5.41, 5.74) is 0.378. The molecule has 0 aromatic carbocycles. The van der Waals surface area contributed by atoms with Gasteiger partial charge < -0.3 is 5.32 Å². The number of halogens is 2. The summed E-state index contributed by atoms with van der Waals surface area (Å²) in [6.45, 7) is 3.23. The lowest BCUT2D eigenvalue weighted by molar-refractivity contribution is 0.207. The SMILES string of the molecule is CC1(NCc2cc(Br)c(Cl)s2)CCC1. The Kier molecular flexibility index (Phi) is 3.22. The molecular weight excluding hydrogens is 282 g/mol. The highest BCUT2D eigenvalue weighted by molar-refractivity contribution is 9.10. The van der Waals surface area contributed by atoms with E-state index in [4.69, 9.17) is 11.6 Å². The molecule has 0 spiro atoms. The van der Waals surface area contributed by atoms with Crippen molar-refractivity contribution in [3.8, 4) is 0 Å². The Morgan fingerprint density at radius 3 is 2.79 bits per heavy atom. The van der Waals surface area contributed by atoms with Gasteiger partial charge in [0.05, 0.1) is 0 Å². The highest BCUT2D eigenvalue weighted by atomic mass is 79.9. The van der Waals surface area contributed by atoms with Crippen molar-refractivity contribution in [2.45, 2.75) is 38.3 Å². The van der Waals surface area contributed by atoms with E-state index in [1.807, 2.05) is 0 Å². The molecule has 78 valence electrons. The fourth-order valence-electron chi connectivity index (χ4n) is 1.66. The van der Waals surface area contributed by atoms with Gasteiger partial charge in [-0.2, -0.15) is 0 Å². The molecule has 0 radical (unpaired) electrons. The smallest absolute Gasteiger partial charge is 0.107 e. The highest BCUT2D eigenvalue weighted by Crippen LogP contribution is 2.34. The summed E-state index contributed by atoms with van der Waals surface area (Å²) in [5, 5.41) is 3.58. The summed E-state index contributed by atoms with van der Waals surface area (Å²) >= 11 is 11.0. The summed E-state index contributed by atoms with van der Waals surface area (Å²) in [4.78, 5) is 1.30. The van der Waals surface area contributed by atoms with Gasteiger partial charge in [0, 0.05) is 21.4 Å². The van der Waals surface area contributed by atoms with Crippen molar-refractivity contribution in [1.82, 2.24) is 5.32 Å². The molecule has 0 saturated heterocycles. The molecule has 1 heterocycles. The van der Waals surface area contributed by atoms with Gasteiger partial charge in [-0.05, 0) is 48.2 Å². The molecule has 2 rings (SSSR count). The third kappa shape index (κ3) is 2.32. The second kappa shape index (κ2) is 4.12. The van der Waals surface area contributed by atoms with Crippen LogP contribution in [0, 0.1) is 0 Å². The van der Waals surface area contributed by atoms with Crippen LogP contribution in [0.25, 0.3) is 0 Å². The largest absolute Gasteiger partial charge is 0.307 e. The first kappa shape index (κ1) is 10.9. The van der Waals surface area contributed by atoms with E-state index in [1.165, 1.54) is 24.1 Å². The summed E-state index contributed by atoms with van der Waals surface area (Å²) in [5.74, 6) is 0. The predicted molar refractivity (Wildman–Crippen MR) is 66.1 cm³/mol. The Bertz CT molecular complexity index is 313. The van der Waals surface area contributed by atoms with Crippen LogP contribution in [0.5, 0.6) is 0 Å². The zero-order chi connectivity index (χ0) is 10.2. The third-order valence-electron chi connectivity index (χ3n) is 2.84. The molecule has 1 aliphatic carbocycles. The van der Waals surface area contributed by atoms with Crippen LogP contribution in [0.1, 0.15) is 31.1 Å². The maximum absolute atomic E-state index is 5.97. The Morgan fingerprint density at radius 1 is 1.64 bits per heavy atom. The molecule has 1 nitrogen and oxygen atoms in total. The number of nitrogens with one attached hydrogen (secondary N) is 1. The lowest BCUT2D eigenvalue weighted by Gasteiger charge is -2.39. The Labute approximate surface area is 102 Å². The van der Waals surface area contributed by atoms with Gasteiger partial charge >= 0.3 is 0 Å². The fourth-order valence-corrected chi connectivity index (χ4v) is 3.39. The maximum atomic E-state index is 5.97. The number of thiophene rings is 1. The molecule has 14 heavy (non-hydrogen) atoms. The first-order valence-corrected chi connectivity index (χ1v) is 6.77. The minimum absolute atomic E-state index is 0.378. The maximum Gasteiger partial charge on any atom is 0.107 e. The van der Waals surface area contributed by atoms with Crippen molar-refractivity contribution in [1.29, 1.82) is 0 Å². The average molecular weight is 295 g/mol. The number of hydrogen-bond donors (Lipinski definition) is 1. The van der Waals surface area contributed by atoms with Crippen LogP contribution in [0.2, 0.25) is 4.34 Å². The van der Waals surface area contributed by atoms with Crippen LogP contribution >= 0.6 is 38.9 Å². The first-order valence-electron chi connectivity index (χ1n) is 4.78. The zero-order valence-corrected chi connectivity index (χ0v) is 11.2.